The highest BCUT2D eigenvalue weighted by atomic mass is 79.9. The van der Waals surface area contributed by atoms with Gasteiger partial charge in [-0.2, -0.15) is 0 Å². The number of pyridine rings is 1. The number of aliphatic hydroxyl groups is 1. The van der Waals surface area contributed by atoms with Gasteiger partial charge in [-0.3, -0.25) is 0 Å². The van der Waals surface area contributed by atoms with Gasteiger partial charge in [0.25, 0.3) is 0 Å². The van der Waals surface area contributed by atoms with Gasteiger partial charge in [0.1, 0.15) is 11.4 Å². The van der Waals surface area contributed by atoms with Crippen molar-refractivity contribution in [3.05, 3.63) is 22.8 Å². The minimum absolute atomic E-state index is 0.129. The first-order valence-electron chi connectivity index (χ1n) is 5.29. The Morgan fingerprint density at radius 1 is 1.69 bits per heavy atom. The number of hydrogen-bond acceptors (Lipinski definition) is 4. The summed E-state index contributed by atoms with van der Waals surface area (Å²) in [4.78, 5) is 4.19. The lowest BCUT2D eigenvalue weighted by Gasteiger charge is -2.26. The Bertz CT molecular complexity index is 358. The molecule has 0 aliphatic carbocycles. The molecule has 1 fully saturated rings. The van der Waals surface area contributed by atoms with E-state index in [4.69, 9.17) is 4.74 Å². The summed E-state index contributed by atoms with van der Waals surface area (Å²) in [5.41, 5.74) is -0.783. The van der Waals surface area contributed by atoms with E-state index in [0.717, 1.165) is 10.3 Å². The number of hydrogen-bond donors (Lipinski definition) is 2. The minimum Gasteiger partial charge on any atom is -0.385 e. The molecule has 1 saturated heterocycles. The zero-order chi connectivity index (χ0) is 11.6. The van der Waals surface area contributed by atoms with Crippen LogP contribution in [0.15, 0.2) is 22.8 Å². The molecule has 0 aromatic carbocycles. The maximum atomic E-state index is 10.3. The zero-order valence-corrected chi connectivity index (χ0v) is 10.7. The number of nitrogens with zero attached hydrogens (tertiary/aromatic N) is 1. The Morgan fingerprint density at radius 2 is 2.50 bits per heavy atom. The maximum Gasteiger partial charge on any atom is 0.126 e. The normalized spacial score (nSPS) is 29.3. The maximum absolute atomic E-state index is 10.3. The summed E-state index contributed by atoms with van der Waals surface area (Å²) in [7, 11) is 0. The molecule has 0 saturated carbocycles. The third-order valence-electron chi connectivity index (χ3n) is 2.96. The van der Waals surface area contributed by atoms with Gasteiger partial charge in [-0.1, -0.05) is 0 Å². The summed E-state index contributed by atoms with van der Waals surface area (Å²) >= 11 is 3.32. The molecule has 0 bridgehead atoms. The summed E-state index contributed by atoms with van der Waals surface area (Å²) in [5, 5.41) is 13.4. The topological polar surface area (TPSA) is 54.4 Å². The van der Waals surface area contributed by atoms with Gasteiger partial charge in [0.15, 0.2) is 0 Å². The molecular weight excluding hydrogens is 272 g/mol. The summed E-state index contributed by atoms with van der Waals surface area (Å²) in [6.45, 7) is 2.97. The van der Waals surface area contributed by atoms with E-state index < -0.39 is 5.60 Å². The smallest absolute Gasteiger partial charge is 0.126 e. The van der Waals surface area contributed by atoms with Crippen LogP contribution in [-0.2, 0) is 4.74 Å². The molecule has 2 atom stereocenters. The van der Waals surface area contributed by atoms with Gasteiger partial charge in [0, 0.05) is 30.2 Å². The molecule has 2 N–H and O–H groups in total. The monoisotopic (exact) mass is 286 g/mol. The first-order chi connectivity index (χ1) is 7.60. The van der Waals surface area contributed by atoms with Crippen molar-refractivity contribution in [3.63, 3.8) is 0 Å². The summed E-state index contributed by atoms with van der Waals surface area (Å²) in [6, 6.07) is 3.78. The quantitative estimate of drug-likeness (QED) is 0.890. The molecular formula is C11H15BrN2O2. The van der Waals surface area contributed by atoms with Gasteiger partial charge in [-0.15, -0.1) is 0 Å². The van der Waals surface area contributed by atoms with Gasteiger partial charge < -0.3 is 15.2 Å². The van der Waals surface area contributed by atoms with Crippen LogP contribution in [0, 0.1) is 0 Å². The highest BCUT2D eigenvalue weighted by Crippen LogP contribution is 2.25. The third kappa shape index (κ3) is 2.53. The fourth-order valence-corrected chi connectivity index (χ4v) is 1.96. The second-order valence-corrected chi connectivity index (χ2v) is 5.00. The first-order valence-corrected chi connectivity index (χ1v) is 6.09. The van der Waals surface area contributed by atoms with Crippen molar-refractivity contribution in [2.45, 2.75) is 25.0 Å². The van der Waals surface area contributed by atoms with Gasteiger partial charge in [-0.05, 0) is 35.0 Å². The highest BCUT2D eigenvalue weighted by Gasteiger charge is 2.39. The number of aromatic nitrogens is 1. The number of halogens is 1. The van der Waals surface area contributed by atoms with Gasteiger partial charge >= 0.3 is 0 Å². The summed E-state index contributed by atoms with van der Waals surface area (Å²) < 4.78 is 6.30. The summed E-state index contributed by atoms with van der Waals surface area (Å²) in [5.74, 6) is 0.760. The largest absolute Gasteiger partial charge is 0.385 e. The molecule has 0 radical (unpaired) electrons. The molecule has 1 aromatic heterocycles. The highest BCUT2D eigenvalue weighted by molar-refractivity contribution is 9.10. The van der Waals surface area contributed by atoms with E-state index in [0.29, 0.717) is 19.6 Å². The van der Waals surface area contributed by atoms with Crippen molar-refractivity contribution in [3.8, 4) is 0 Å². The van der Waals surface area contributed by atoms with Crippen LogP contribution in [0.5, 0.6) is 0 Å². The summed E-state index contributed by atoms with van der Waals surface area (Å²) in [6.07, 6.45) is 2.26. The Kier molecular flexibility index (Phi) is 3.47. The van der Waals surface area contributed by atoms with Crippen LogP contribution < -0.4 is 5.32 Å². The predicted molar refractivity (Wildman–Crippen MR) is 65.4 cm³/mol. The molecule has 4 nitrogen and oxygen atoms in total. The fraction of sp³-hybridized carbons (Fsp3) is 0.545. The second-order valence-electron chi connectivity index (χ2n) is 4.08. The number of ether oxygens (including phenoxy) is 1. The molecule has 1 aromatic rings. The lowest BCUT2D eigenvalue weighted by Crippen LogP contribution is -2.43. The average Bonchev–Trinajstić information content (AvgIpc) is 2.59. The van der Waals surface area contributed by atoms with E-state index >= 15 is 0 Å². The van der Waals surface area contributed by atoms with Crippen molar-refractivity contribution in [1.29, 1.82) is 0 Å². The number of anilines is 1. The van der Waals surface area contributed by atoms with E-state index in [1.165, 1.54) is 0 Å². The number of nitrogens with one attached hydrogen (secondary N) is 1. The van der Waals surface area contributed by atoms with E-state index in [-0.39, 0.29) is 6.10 Å². The van der Waals surface area contributed by atoms with E-state index in [1.807, 2.05) is 19.1 Å². The molecule has 0 spiro atoms. The van der Waals surface area contributed by atoms with E-state index in [9.17, 15) is 5.11 Å². The Balaban J connectivity index is 1.94. The SMILES string of the molecule is CC1OCCC1(O)CNc1ccc(Br)cn1. The molecule has 2 heterocycles. The van der Waals surface area contributed by atoms with E-state index in [1.54, 1.807) is 6.20 Å². The van der Waals surface area contributed by atoms with Crippen LogP contribution in [0.1, 0.15) is 13.3 Å². The van der Waals surface area contributed by atoms with Gasteiger partial charge in [-0.25, -0.2) is 4.98 Å². The molecule has 1 aliphatic heterocycles. The van der Waals surface area contributed by atoms with Gasteiger partial charge in [0.05, 0.1) is 6.10 Å². The van der Waals surface area contributed by atoms with Gasteiger partial charge in [0.2, 0.25) is 0 Å². The van der Waals surface area contributed by atoms with Crippen molar-refractivity contribution in [2.24, 2.45) is 0 Å². The molecule has 16 heavy (non-hydrogen) atoms. The van der Waals surface area contributed by atoms with Crippen molar-refractivity contribution in [1.82, 2.24) is 4.98 Å². The van der Waals surface area contributed by atoms with Crippen molar-refractivity contribution >= 4 is 21.7 Å². The molecule has 1 aliphatic rings. The predicted octanol–water partition coefficient (Wildman–Crippen LogP) is 1.80. The van der Waals surface area contributed by atoms with Crippen LogP contribution in [0.2, 0.25) is 0 Å². The first kappa shape index (κ1) is 11.8. The van der Waals surface area contributed by atoms with Crippen molar-refractivity contribution in [2.75, 3.05) is 18.5 Å². The Labute approximate surface area is 103 Å². The standard InChI is InChI=1S/C11H15BrN2O2/c1-8-11(15,4-5-16-8)7-14-10-3-2-9(12)6-13-10/h2-3,6,8,15H,4-5,7H2,1H3,(H,13,14). The lowest BCUT2D eigenvalue weighted by atomic mass is 9.97. The van der Waals surface area contributed by atoms with Crippen LogP contribution in [0.4, 0.5) is 5.82 Å². The van der Waals surface area contributed by atoms with Crippen LogP contribution in [0.3, 0.4) is 0 Å². The average molecular weight is 287 g/mol. The fourth-order valence-electron chi connectivity index (χ4n) is 1.73. The molecule has 88 valence electrons. The Hall–Kier alpha value is -0.650. The van der Waals surface area contributed by atoms with Crippen LogP contribution >= 0.6 is 15.9 Å². The zero-order valence-electron chi connectivity index (χ0n) is 9.11. The minimum atomic E-state index is -0.783. The number of rotatable bonds is 3. The molecule has 2 unspecified atom stereocenters. The second kappa shape index (κ2) is 4.69. The third-order valence-corrected chi connectivity index (χ3v) is 3.43. The van der Waals surface area contributed by atoms with Crippen LogP contribution in [-0.4, -0.2) is 34.9 Å². The Morgan fingerprint density at radius 3 is 3.06 bits per heavy atom. The molecule has 2 rings (SSSR count). The lowest BCUT2D eigenvalue weighted by molar-refractivity contribution is -0.0176. The van der Waals surface area contributed by atoms with Crippen LogP contribution in [0.25, 0.3) is 0 Å². The molecule has 5 heteroatoms. The molecule has 0 amide bonds. The van der Waals surface area contributed by atoms with Crippen molar-refractivity contribution < 1.29 is 9.84 Å². The van der Waals surface area contributed by atoms with E-state index in [2.05, 4.69) is 26.2 Å².